The Morgan fingerprint density at radius 1 is 1.31 bits per heavy atom. The molecule has 1 N–H and O–H groups in total. The van der Waals surface area contributed by atoms with Gasteiger partial charge in [0.05, 0.1) is 0 Å². The Bertz CT molecular complexity index is 433. The van der Waals surface area contributed by atoms with Gasteiger partial charge in [0.15, 0.2) is 0 Å². The number of nitrogens with one attached hydrogen (secondary N) is 1. The van der Waals surface area contributed by atoms with Gasteiger partial charge in [-0.1, -0.05) is 23.2 Å². The molecule has 0 bridgehead atoms. The number of fused-ring (bicyclic) bond motifs is 3. The van der Waals surface area contributed by atoms with Gasteiger partial charge in [-0.25, -0.2) is 0 Å². The molecule has 1 fully saturated rings. The summed E-state index contributed by atoms with van der Waals surface area (Å²) in [4.78, 5) is 2.46. The van der Waals surface area contributed by atoms with Gasteiger partial charge in [-0.3, -0.25) is 0 Å². The Balaban J connectivity index is 2.10. The van der Waals surface area contributed by atoms with Crippen LogP contribution in [0.4, 0.5) is 5.69 Å². The van der Waals surface area contributed by atoms with Crippen molar-refractivity contribution in [3.63, 3.8) is 0 Å². The highest BCUT2D eigenvalue weighted by Crippen LogP contribution is 2.40. The summed E-state index contributed by atoms with van der Waals surface area (Å²) in [5.74, 6) is 0. The van der Waals surface area contributed by atoms with Gasteiger partial charge in [-0.05, 0) is 31.0 Å². The molecular weight excluding hydrogens is 243 g/mol. The van der Waals surface area contributed by atoms with Crippen molar-refractivity contribution >= 4 is 28.9 Å². The molecule has 0 amide bonds. The predicted octanol–water partition coefficient (Wildman–Crippen LogP) is 2.72. The molecule has 1 aromatic rings. The van der Waals surface area contributed by atoms with Gasteiger partial charge in [-0.2, -0.15) is 0 Å². The summed E-state index contributed by atoms with van der Waals surface area (Å²) in [5.41, 5.74) is 2.49. The van der Waals surface area contributed by atoms with Gasteiger partial charge in [0.25, 0.3) is 0 Å². The van der Waals surface area contributed by atoms with Crippen LogP contribution >= 0.6 is 23.2 Å². The molecule has 1 saturated heterocycles. The van der Waals surface area contributed by atoms with Crippen LogP contribution in [0.25, 0.3) is 0 Å². The molecule has 2 atom stereocenters. The fourth-order valence-electron chi connectivity index (χ4n) is 2.88. The third kappa shape index (κ3) is 1.52. The van der Waals surface area contributed by atoms with E-state index < -0.39 is 0 Å². The van der Waals surface area contributed by atoms with Gasteiger partial charge in [0, 0.05) is 40.9 Å². The number of rotatable bonds is 0. The Morgan fingerprint density at radius 3 is 2.94 bits per heavy atom. The minimum absolute atomic E-state index is 0.509. The molecule has 3 rings (SSSR count). The summed E-state index contributed by atoms with van der Waals surface area (Å²) >= 11 is 12.3. The first-order valence-corrected chi connectivity index (χ1v) is 6.39. The number of benzene rings is 1. The van der Waals surface area contributed by atoms with Crippen LogP contribution in [0.5, 0.6) is 0 Å². The Morgan fingerprint density at radius 2 is 2.12 bits per heavy atom. The largest absolute Gasteiger partial charge is 0.363 e. The normalized spacial score (nSPS) is 27.8. The lowest BCUT2D eigenvalue weighted by Crippen LogP contribution is -2.54. The van der Waals surface area contributed by atoms with Gasteiger partial charge < -0.3 is 10.2 Å². The van der Waals surface area contributed by atoms with E-state index in [1.54, 1.807) is 0 Å². The molecule has 1 unspecified atom stereocenters. The van der Waals surface area contributed by atoms with E-state index in [1.807, 2.05) is 12.1 Å². The highest BCUT2D eigenvalue weighted by Gasteiger charge is 2.36. The molecule has 0 aliphatic carbocycles. The highest BCUT2D eigenvalue weighted by molar-refractivity contribution is 6.35. The van der Waals surface area contributed by atoms with E-state index in [0.717, 1.165) is 29.6 Å². The van der Waals surface area contributed by atoms with Gasteiger partial charge >= 0.3 is 0 Å². The molecule has 1 aromatic carbocycles. The smallest absolute Gasteiger partial charge is 0.0474 e. The maximum atomic E-state index is 6.26. The van der Waals surface area contributed by atoms with Crippen LogP contribution in [0, 0.1) is 0 Å². The summed E-state index contributed by atoms with van der Waals surface area (Å²) in [6.45, 7) is 4.30. The zero-order valence-electron chi connectivity index (χ0n) is 9.13. The molecule has 4 heteroatoms. The lowest BCUT2D eigenvalue weighted by Gasteiger charge is -2.38. The lowest BCUT2D eigenvalue weighted by molar-refractivity contribution is 0.430. The van der Waals surface area contributed by atoms with Crippen LogP contribution < -0.4 is 10.2 Å². The Kier molecular flexibility index (Phi) is 2.54. The maximum Gasteiger partial charge on any atom is 0.0474 e. The molecule has 2 aliphatic rings. The number of nitrogens with zero attached hydrogens (tertiary/aromatic N) is 1. The summed E-state index contributed by atoms with van der Waals surface area (Å²) in [5, 5.41) is 5.00. The van der Waals surface area contributed by atoms with Crippen LogP contribution in [0.2, 0.25) is 10.0 Å². The Hall–Kier alpha value is -0.440. The average Bonchev–Trinajstić information content (AvgIpc) is 2.58. The molecule has 86 valence electrons. The standard InChI is InChI=1S/C12H14Cl2N2/c1-7-5-15-6-9-4-10-11(14)2-8(13)3-12(10)16(7)9/h2-3,7,9,15H,4-6H2,1H3/t7?,9-/m1/s1. The first-order chi connectivity index (χ1) is 7.66. The number of hydrogen-bond acceptors (Lipinski definition) is 2. The SMILES string of the molecule is CC1CNC[C@H]2Cc3c(Cl)cc(Cl)cc3N12. The second kappa shape index (κ2) is 3.80. The van der Waals surface area contributed by atoms with E-state index in [-0.39, 0.29) is 0 Å². The minimum Gasteiger partial charge on any atom is -0.363 e. The minimum atomic E-state index is 0.509. The second-order valence-corrected chi connectivity index (χ2v) is 5.50. The van der Waals surface area contributed by atoms with E-state index in [2.05, 4.69) is 17.1 Å². The van der Waals surface area contributed by atoms with Crippen molar-refractivity contribution < 1.29 is 0 Å². The van der Waals surface area contributed by atoms with E-state index in [0.29, 0.717) is 12.1 Å². The molecule has 0 radical (unpaired) electrons. The zero-order chi connectivity index (χ0) is 11.3. The summed E-state index contributed by atoms with van der Waals surface area (Å²) < 4.78 is 0. The number of anilines is 1. The molecule has 2 nitrogen and oxygen atoms in total. The zero-order valence-corrected chi connectivity index (χ0v) is 10.6. The van der Waals surface area contributed by atoms with Crippen LogP contribution in [0.15, 0.2) is 12.1 Å². The van der Waals surface area contributed by atoms with Crippen LogP contribution in [0.3, 0.4) is 0 Å². The van der Waals surface area contributed by atoms with Crippen molar-refractivity contribution in [1.29, 1.82) is 0 Å². The van der Waals surface area contributed by atoms with Crippen molar-refractivity contribution in [2.45, 2.75) is 25.4 Å². The molecule has 16 heavy (non-hydrogen) atoms. The van der Waals surface area contributed by atoms with E-state index in [9.17, 15) is 0 Å². The third-order valence-electron chi connectivity index (χ3n) is 3.54. The average molecular weight is 257 g/mol. The van der Waals surface area contributed by atoms with Crippen molar-refractivity contribution in [3.05, 3.63) is 27.7 Å². The quantitative estimate of drug-likeness (QED) is 0.768. The fourth-order valence-corrected chi connectivity index (χ4v) is 3.44. The van der Waals surface area contributed by atoms with Gasteiger partial charge in [-0.15, -0.1) is 0 Å². The number of piperazine rings is 1. The van der Waals surface area contributed by atoms with Crippen LogP contribution in [0.1, 0.15) is 12.5 Å². The second-order valence-electron chi connectivity index (χ2n) is 4.66. The molecule has 2 heterocycles. The summed E-state index contributed by atoms with van der Waals surface area (Å²) in [6.07, 6.45) is 1.03. The van der Waals surface area contributed by atoms with Gasteiger partial charge in [0.2, 0.25) is 0 Å². The first kappa shape index (κ1) is 10.7. The molecule has 2 aliphatic heterocycles. The predicted molar refractivity (Wildman–Crippen MR) is 68.8 cm³/mol. The molecule has 0 spiro atoms. The van der Waals surface area contributed by atoms with Gasteiger partial charge in [0.1, 0.15) is 0 Å². The van der Waals surface area contributed by atoms with E-state index >= 15 is 0 Å². The van der Waals surface area contributed by atoms with E-state index in [4.69, 9.17) is 23.2 Å². The summed E-state index contributed by atoms with van der Waals surface area (Å²) in [6, 6.07) is 4.94. The third-order valence-corrected chi connectivity index (χ3v) is 4.10. The van der Waals surface area contributed by atoms with Crippen molar-refractivity contribution in [3.8, 4) is 0 Å². The topological polar surface area (TPSA) is 15.3 Å². The number of hydrogen-bond donors (Lipinski definition) is 1. The van der Waals surface area contributed by atoms with E-state index in [1.165, 1.54) is 11.3 Å². The van der Waals surface area contributed by atoms with Crippen LogP contribution in [-0.2, 0) is 6.42 Å². The van der Waals surface area contributed by atoms with Crippen molar-refractivity contribution in [1.82, 2.24) is 5.32 Å². The number of halogens is 2. The monoisotopic (exact) mass is 256 g/mol. The fraction of sp³-hybridized carbons (Fsp3) is 0.500. The highest BCUT2D eigenvalue weighted by atomic mass is 35.5. The summed E-state index contributed by atoms with van der Waals surface area (Å²) in [7, 11) is 0. The van der Waals surface area contributed by atoms with Crippen molar-refractivity contribution in [2.75, 3.05) is 18.0 Å². The molecule has 0 saturated carbocycles. The lowest BCUT2D eigenvalue weighted by atomic mass is 10.1. The molecular formula is C12H14Cl2N2. The maximum absolute atomic E-state index is 6.26. The van der Waals surface area contributed by atoms with Crippen LogP contribution in [-0.4, -0.2) is 25.2 Å². The molecule has 0 aromatic heterocycles. The van der Waals surface area contributed by atoms with Crippen molar-refractivity contribution in [2.24, 2.45) is 0 Å². The first-order valence-electron chi connectivity index (χ1n) is 5.64. The Labute approximate surface area is 106 Å².